The lowest BCUT2D eigenvalue weighted by molar-refractivity contribution is -0.0125. The normalized spacial score (nSPS) is 16.5. The van der Waals surface area contributed by atoms with E-state index in [1.54, 1.807) is 7.11 Å². The first-order valence-corrected chi connectivity index (χ1v) is 6.42. The van der Waals surface area contributed by atoms with Gasteiger partial charge in [-0.1, -0.05) is 13.8 Å². The number of nitrogens with zero attached hydrogens (tertiary/aromatic N) is 1. The van der Waals surface area contributed by atoms with Crippen molar-refractivity contribution in [2.24, 2.45) is 5.73 Å². The number of hydrogen-bond acceptors (Lipinski definition) is 3. The molecule has 0 heterocycles. The average Bonchev–Trinajstić information content (AvgIpc) is 2.28. The molecule has 0 aliphatic rings. The molecule has 0 rings (SSSR count). The Morgan fingerprint density at radius 1 is 1.31 bits per heavy atom. The van der Waals surface area contributed by atoms with Crippen LogP contribution in [0.4, 0.5) is 0 Å². The van der Waals surface area contributed by atoms with Crippen LogP contribution >= 0.6 is 0 Å². The summed E-state index contributed by atoms with van der Waals surface area (Å²) in [6, 6.07) is 1.00. The largest absolute Gasteiger partial charge is 0.379 e. The third-order valence-corrected chi connectivity index (χ3v) is 3.54. The molecule has 0 aromatic carbocycles. The lowest BCUT2D eigenvalue weighted by atomic mass is 9.96. The van der Waals surface area contributed by atoms with Crippen LogP contribution in [-0.2, 0) is 4.74 Å². The van der Waals surface area contributed by atoms with Gasteiger partial charge in [-0.2, -0.15) is 0 Å². The Kier molecular flexibility index (Phi) is 7.20. The number of hydrogen-bond donors (Lipinski definition) is 1. The average molecular weight is 230 g/mol. The molecule has 0 aromatic rings. The first kappa shape index (κ1) is 15.9. The van der Waals surface area contributed by atoms with Gasteiger partial charge in [0, 0.05) is 25.7 Å². The van der Waals surface area contributed by atoms with E-state index in [1.165, 1.54) is 0 Å². The lowest BCUT2D eigenvalue weighted by Crippen LogP contribution is -2.48. The maximum Gasteiger partial charge on any atom is 0.0638 e. The number of ether oxygens (including phenoxy) is 1. The van der Waals surface area contributed by atoms with Crippen LogP contribution in [0.1, 0.15) is 47.5 Å². The molecule has 0 radical (unpaired) electrons. The Bertz CT molecular complexity index is 183. The molecule has 0 spiro atoms. The summed E-state index contributed by atoms with van der Waals surface area (Å²) in [4.78, 5) is 2.49. The summed E-state index contributed by atoms with van der Waals surface area (Å²) >= 11 is 0. The molecule has 0 aromatic heterocycles. The molecule has 0 aliphatic carbocycles. The van der Waals surface area contributed by atoms with E-state index in [9.17, 15) is 0 Å². The number of likely N-dealkylation sites (N-methyl/N-ethyl adjacent to an activating group) is 1. The second-order valence-electron chi connectivity index (χ2n) is 5.15. The number of rotatable bonds is 8. The highest BCUT2D eigenvalue weighted by atomic mass is 16.5. The summed E-state index contributed by atoms with van der Waals surface area (Å²) in [7, 11) is 1.77. The highest BCUT2D eigenvalue weighted by Gasteiger charge is 2.27. The second-order valence-corrected chi connectivity index (χ2v) is 5.15. The smallest absolute Gasteiger partial charge is 0.0638 e. The maximum atomic E-state index is 5.91. The highest BCUT2D eigenvalue weighted by molar-refractivity contribution is 4.83. The summed E-state index contributed by atoms with van der Waals surface area (Å²) in [6.45, 7) is 12.7. The zero-order chi connectivity index (χ0) is 12.8. The van der Waals surface area contributed by atoms with E-state index in [1.807, 2.05) is 0 Å². The molecule has 2 atom stereocenters. The van der Waals surface area contributed by atoms with E-state index < -0.39 is 0 Å². The van der Waals surface area contributed by atoms with Crippen LogP contribution in [0, 0.1) is 0 Å². The van der Waals surface area contributed by atoms with Crippen LogP contribution < -0.4 is 5.73 Å². The molecule has 98 valence electrons. The third-order valence-electron chi connectivity index (χ3n) is 3.54. The Hall–Kier alpha value is -0.120. The topological polar surface area (TPSA) is 38.5 Å². The minimum absolute atomic E-state index is 0.0923. The summed E-state index contributed by atoms with van der Waals surface area (Å²) in [6.07, 6.45) is 2.15. The monoisotopic (exact) mass is 230 g/mol. The van der Waals surface area contributed by atoms with Crippen molar-refractivity contribution in [3.05, 3.63) is 0 Å². The van der Waals surface area contributed by atoms with Gasteiger partial charge in [-0.25, -0.2) is 0 Å². The van der Waals surface area contributed by atoms with Crippen LogP contribution in [0.15, 0.2) is 0 Å². The first-order valence-electron chi connectivity index (χ1n) is 6.42. The predicted octanol–water partition coefficient (Wildman–Crippen LogP) is 2.25. The number of nitrogens with two attached hydrogens (primary N) is 1. The molecule has 3 nitrogen and oxygen atoms in total. The molecule has 0 amide bonds. The minimum atomic E-state index is -0.0923. The quantitative estimate of drug-likeness (QED) is 0.695. The lowest BCUT2D eigenvalue weighted by Gasteiger charge is -2.38. The zero-order valence-corrected chi connectivity index (χ0v) is 11.9. The van der Waals surface area contributed by atoms with Gasteiger partial charge in [0.2, 0.25) is 0 Å². The molecule has 2 N–H and O–H groups in total. The van der Waals surface area contributed by atoms with Crippen molar-refractivity contribution in [2.75, 3.05) is 20.2 Å². The van der Waals surface area contributed by atoms with Gasteiger partial charge < -0.3 is 10.5 Å². The molecular formula is C13H30N2O. The molecule has 0 fully saturated rings. The highest BCUT2D eigenvalue weighted by Crippen LogP contribution is 2.20. The van der Waals surface area contributed by atoms with Gasteiger partial charge in [-0.15, -0.1) is 0 Å². The third kappa shape index (κ3) is 4.81. The molecule has 3 heteroatoms. The van der Waals surface area contributed by atoms with Crippen molar-refractivity contribution in [1.29, 1.82) is 0 Å². The van der Waals surface area contributed by atoms with Crippen molar-refractivity contribution >= 4 is 0 Å². The fourth-order valence-corrected chi connectivity index (χ4v) is 2.15. The van der Waals surface area contributed by atoms with Crippen molar-refractivity contribution in [3.8, 4) is 0 Å². The fourth-order valence-electron chi connectivity index (χ4n) is 2.15. The van der Waals surface area contributed by atoms with Gasteiger partial charge >= 0.3 is 0 Å². The van der Waals surface area contributed by atoms with Crippen LogP contribution in [0.5, 0.6) is 0 Å². The zero-order valence-electron chi connectivity index (χ0n) is 11.9. The van der Waals surface area contributed by atoms with Crippen molar-refractivity contribution in [1.82, 2.24) is 4.90 Å². The molecule has 16 heavy (non-hydrogen) atoms. The molecule has 0 bridgehead atoms. The van der Waals surface area contributed by atoms with Crippen molar-refractivity contribution in [3.63, 3.8) is 0 Å². The Morgan fingerprint density at radius 3 is 2.19 bits per heavy atom. The van der Waals surface area contributed by atoms with Crippen LogP contribution in [-0.4, -0.2) is 42.8 Å². The van der Waals surface area contributed by atoms with E-state index in [-0.39, 0.29) is 5.60 Å². The summed E-state index contributed by atoms with van der Waals surface area (Å²) in [5.74, 6) is 0. The van der Waals surface area contributed by atoms with Gasteiger partial charge in [0.25, 0.3) is 0 Å². The summed E-state index contributed by atoms with van der Waals surface area (Å²) in [5.41, 5.74) is 5.81. The second kappa shape index (κ2) is 7.25. The molecule has 0 aliphatic heterocycles. The molecular weight excluding hydrogens is 200 g/mol. The SMILES string of the molecule is CCC(C)N(CC)C(CN)CC(C)(C)OC. The summed E-state index contributed by atoms with van der Waals surface area (Å²) in [5, 5.41) is 0. The van der Waals surface area contributed by atoms with Gasteiger partial charge in [0.1, 0.15) is 0 Å². The van der Waals surface area contributed by atoms with Crippen LogP contribution in [0.3, 0.4) is 0 Å². The van der Waals surface area contributed by atoms with E-state index in [0.717, 1.165) is 19.4 Å². The maximum absolute atomic E-state index is 5.91. The minimum Gasteiger partial charge on any atom is -0.379 e. The first-order chi connectivity index (χ1) is 7.41. The van der Waals surface area contributed by atoms with E-state index >= 15 is 0 Å². The van der Waals surface area contributed by atoms with Gasteiger partial charge in [-0.05, 0) is 40.2 Å². The fraction of sp³-hybridized carbons (Fsp3) is 1.00. The summed E-state index contributed by atoms with van der Waals surface area (Å²) < 4.78 is 5.50. The van der Waals surface area contributed by atoms with Gasteiger partial charge in [-0.3, -0.25) is 4.90 Å². The predicted molar refractivity (Wildman–Crippen MR) is 70.7 cm³/mol. The molecule has 0 saturated carbocycles. The Labute approximate surface area is 101 Å². The number of methoxy groups -OCH3 is 1. The van der Waals surface area contributed by atoms with Gasteiger partial charge in [0.15, 0.2) is 0 Å². The van der Waals surface area contributed by atoms with Crippen molar-refractivity contribution in [2.45, 2.75) is 65.1 Å². The molecule has 2 unspecified atom stereocenters. The van der Waals surface area contributed by atoms with E-state index in [0.29, 0.717) is 18.6 Å². The van der Waals surface area contributed by atoms with Gasteiger partial charge in [0.05, 0.1) is 5.60 Å². The van der Waals surface area contributed by atoms with Crippen molar-refractivity contribution < 1.29 is 4.74 Å². The Balaban J connectivity index is 4.56. The van der Waals surface area contributed by atoms with Crippen LogP contribution in [0.25, 0.3) is 0 Å². The van der Waals surface area contributed by atoms with E-state index in [2.05, 4.69) is 39.5 Å². The molecule has 0 saturated heterocycles. The van der Waals surface area contributed by atoms with Crippen LogP contribution in [0.2, 0.25) is 0 Å². The Morgan fingerprint density at radius 2 is 1.88 bits per heavy atom. The standard InChI is InChI=1S/C13H30N2O/c1-7-11(3)15(8-2)12(10-14)9-13(4,5)16-6/h11-12H,7-10,14H2,1-6H3. The van der Waals surface area contributed by atoms with E-state index in [4.69, 9.17) is 10.5 Å².